The van der Waals surface area contributed by atoms with Crippen LogP contribution in [0.2, 0.25) is 5.02 Å². The van der Waals surface area contributed by atoms with Gasteiger partial charge in [-0.3, -0.25) is 0 Å². The van der Waals surface area contributed by atoms with Crippen molar-refractivity contribution in [3.63, 3.8) is 0 Å². The van der Waals surface area contributed by atoms with Crippen LogP contribution >= 0.6 is 11.6 Å². The number of nitrogens with two attached hydrogens (primary N) is 1. The third-order valence-corrected chi connectivity index (χ3v) is 3.46. The molecule has 2 heterocycles. The minimum Gasteiger partial charge on any atom is -0.382 e. The molecule has 4 N–H and O–H groups in total. The van der Waals surface area contributed by atoms with E-state index < -0.39 is 0 Å². The number of aldehydes is 1. The maximum absolute atomic E-state index is 10.7. The first-order chi connectivity index (χ1) is 8.70. The van der Waals surface area contributed by atoms with Gasteiger partial charge in [0.2, 0.25) is 0 Å². The Morgan fingerprint density at radius 1 is 1.61 bits per heavy atom. The van der Waals surface area contributed by atoms with Gasteiger partial charge >= 0.3 is 0 Å². The first kappa shape index (κ1) is 13.0. The molecule has 1 fully saturated rings. The third kappa shape index (κ3) is 3.08. The van der Waals surface area contributed by atoms with Gasteiger partial charge in [0.1, 0.15) is 29.3 Å². The molecular formula is C11H16ClN5O. The van der Waals surface area contributed by atoms with Crippen molar-refractivity contribution in [1.82, 2.24) is 15.3 Å². The van der Waals surface area contributed by atoms with Crippen LogP contribution < -0.4 is 16.4 Å². The van der Waals surface area contributed by atoms with Crippen molar-refractivity contribution in [1.29, 1.82) is 0 Å². The first-order valence-electron chi connectivity index (χ1n) is 5.89. The number of aromatic nitrogens is 2. The Labute approximate surface area is 110 Å². The number of nitrogens with zero attached hydrogens (tertiary/aromatic N) is 2. The Balaban J connectivity index is 1.91. The van der Waals surface area contributed by atoms with Crippen LogP contribution in [0.5, 0.6) is 0 Å². The molecule has 2 rings (SSSR count). The molecule has 0 bridgehead atoms. The molecule has 0 aromatic carbocycles. The van der Waals surface area contributed by atoms with Gasteiger partial charge in [0.15, 0.2) is 0 Å². The number of halogens is 1. The van der Waals surface area contributed by atoms with Crippen LogP contribution in [0.4, 0.5) is 11.6 Å². The van der Waals surface area contributed by atoms with Crippen molar-refractivity contribution < 1.29 is 4.79 Å². The molecule has 7 heteroatoms. The summed E-state index contributed by atoms with van der Waals surface area (Å²) in [5.41, 5.74) is 5.59. The van der Waals surface area contributed by atoms with Crippen molar-refractivity contribution in [3.8, 4) is 0 Å². The Morgan fingerprint density at radius 2 is 2.44 bits per heavy atom. The Morgan fingerprint density at radius 3 is 3.22 bits per heavy atom. The fourth-order valence-corrected chi connectivity index (χ4v) is 2.23. The van der Waals surface area contributed by atoms with Gasteiger partial charge in [-0.05, 0) is 25.3 Å². The quantitative estimate of drug-likeness (QED) is 0.697. The molecule has 18 heavy (non-hydrogen) atoms. The summed E-state index contributed by atoms with van der Waals surface area (Å²) < 4.78 is 0. The van der Waals surface area contributed by atoms with E-state index in [1.807, 2.05) is 0 Å². The van der Waals surface area contributed by atoms with Crippen LogP contribution in [0.25, 0.3) is 0 Å². The lowest BCUT2D eigenvalue weighted by atomic mass is 9.93. The van der Waals surface area contributed by atoms with E-state index in [1.165, 1.54) is 6.33 Å². The Hall–Kier alpha value is -1.40. The van der Waals surface area contributed by atoms with Crippen molar-refractivity contribution in [3.05, 3.63) is 11.3 Å². The Kier molecular flexibility index (Phi) is 4.33. The highest BCUT2D eigenvalue weighted by atomic mass is 35.5. The molecule has 1 aliphatic rings. The number of rotatable bonds is 4. The molecule has 0 saturated carbocycles. The highest BCUT2D eigenvalue weighted by Crippen LogP contribution is 2.24. The lowest BCUT2D eigenvalue weighted by Crippen LogP contribution is -2.40. The normalized spacial score (nSPS) is 23.6. The molecule has 6 nitrogen and oxygen atoms in total. The van der Waals surface area contributed by atoms with Crippen LogP contribution in [0.15, 0.2) is 6.33 Å². The number of hydrogen-bond acceptors (Lipinski definition) is 6. The van der Waals surface area contributed by atoms with E-state index >= 15 is 0 Å². The Bertz CT molecular complexity index is 428. The predicted molar refractivity (Wildman–Crippen MR) is 70.5 cm³/mol. The van der Waals surface area contributed by atoms with E-state index in [9.17, 15) is 4.79 Å². The van der Waals surface area contributed by atoms with Gasteiger partial charge in [0, 0.05) is 6.54 Å². The predicted octanol–water partition coefficient (Wildman–Crippen LogP) is 0.691. The van der Waals surface area contributed by atoms with Crippen LogP contribution in [-0.2, 0) is 4.79 Å². The summed E-state index contributed by atoms with van der Waals surface area (Å²) in [6, 6.07) is -0.0449. The number of nitrogen functional groups attached to an aromatic ring is 1. The maximum atomic E-state index is 10.7. The summed E-state index contributed by atoms with van der Waals surface area (Å²) in [4.78, 5) is 18.6. The van der Waals surface area contributed by atoms with Crippen LogP contribution in [-0.4, -0.2) is 35.4 Å². The van der Waals surface area contributed by atoms with Crippen LogP contribution in [0.1, 0.15) is 12.8 Å². The summed E-state index contributed by atoms with van der Waals surface area (Å²) in [5.74, 6) is 1.24. The first-order valence-corrected chi connectivity index (χ1v) is 6.27. The molecule has 98 valence electrons. The van der Waals surface area contributed by atoms with Gasteiger partial charge in [-0.2, -0.15) is 0 Å². The summed E-state index contributed by atoms with van der Waals surface area (Å²) in [6.45, 7) is 1.58. The van der Waals surface area contributed by atoms with E-state index in [2.05, 4.69) is 20.6 Å². The molecule has 1 saturated heterocycles. The number of hydrogen-bond donors (Lipinski definition) is 3. The van der Waals surface area contributed by atoms with Gasteiger partial charge in [0.05, 0.1) is 6.04 Å². The molecule has 0 amide bonds. The average Bonchev–Trinajstić information content (AvgIpc) is 2.41. The van der Waals surface area contributed by atoms with E-state index in [1.54, 1.807) is 0 Å². The molecule has 0 radical (unpaired) electrons. The minimum absolute atomic E-state index is 0.0449. The van der Waals surface area contributed by atoms with Crippen LogP contribution in [0, 0.1) is 5.92 Å². The summed E-state index contributed by atoms with van der Waals surface area (Å²) in [6.07, 6.45) is 4.19. The molecule has 2 atom stereocenters. The number of carbonyl (C=O) groups is 1. The zero-order chi connectivity index (χ0) is 13.0. The lowest BCUT2D eigenvalue weighted by Gasteiger charge is -2.27. The highest BCUT2D eigenvalue weighted by molar-refractivity contribution is 6.35. The molecule has 0 spiro atoms. The van der Waals surface area contributed by atoms with Crippen molar-refractivity contribution in [2.75, 3.05) is 24.1 Å². The zero-order valence-corrected chi connectivity index (χ0v) is 10.7. The van der Waals surface area contributed by atoms with Crippen molar-refractivity contribution in [2.45, 2.75) is 18.9 Å². The number of anilines is 2. The standard InChI is InChI=1S/C11H16ClN5O/c12-9-10(13)16-6-17-11(9)15-4-7-1-2-14-8(3-7)5-18/h5-8,14H,1-4H2,(H3,13,15,16,17). The second-order valence-corrected chi connectivity index (χ2v) is 4.77. The molecule has 2 unspecified atom stereocenters. The van der Waals surface area contributed by atoms with Crippen molar-refractivity contribution >= 4 is 29.5 Å². The second-order valence-electron chi connectivity index (χ2n) is 4.39. The maximum Gasteiger partial charge on any atom is 0.150 e. The van der Waals surface area contributed by atoms with Crippen molar-refractivity contribution in [2.24, 2.45) is 5.92 Å². The largest absolute Gasteiger partial charge is 0.382 e. The number of piperidine rings is 1. The molecule has 0 aliphatic carbocycles. The number of nitrogens with one attached hydrogen (secondary N) is 2. The summed E-state index contributed by atoms with van der Waals surface area (Å²) in [5, 5.41) is 6.66. The van der Waals surface area contributed by atoms with E-state index in [0.717, 1.165) is 32.2 Å². The monoisotopic (exact) mass is 269 g/mol. The smallest absolute Gasteiger partial charge is 0.150 e. The van der Waals surface area contributed by atoms with E-state index in [-0.39, 0.29) is 11.9 Å². The lowest BCUT2D eigenvalue weighted by molar-refractivity contribution is -0.110. The van der Waals surface area contributed by atoms with Gasteiger partial charge in [-0.25, -0.2) is 9.97 Å². The molecule has 1 aliphatic heterocycles. The average molecular weight is 270 g/mol. The summed E-state index contributed by atoms with van der Waals surface area (Å²) >= 11 is 5.99. The molecule has 1 aromatic rings. The van der Waals surface area contributed by atoms with Crippen LogP contribution in [0.3, 0.4) is 0 Å². The number of carbonyl (C=O) groups excluding carboxylic acids is 1. The van der Waals surface area contributed by atoms with Gasteiger partial charge in [-0.1, -0.05) is 11.6 Å². The topological polar surface area (TPSA) is 92.9 Å². The van der Waals surface area contributed by atoms with Gasteiger partial charge in [-0.15, -0.1) is 0 Å². The van der Waals surface area contributed by atoms with Gasteiger partial charge in [0.25, 0.3) is 0 Å². The van der Waals surface area contributed by atoms with E-state index in [0.29, 0.717) is 16.8 Å². The van der Waals surface area contributed by atoms with E-state index in [4.69, 9.17) is 17.3 Å². The zero-order valence-electron chi connectivity index (χ0n) is 9.90. The van der Waals surface area contributed by atoms with Gasteiger partial charge < -0.3 is 21.2 Å². The second kappa shape index (κ2) is 5.97. The third-order valence-electron chi connectivity index (χ3n) is 3.09. The minimum atomic E-state index is -0.0449. The molecule has 1 aromatic heterocycles. The fourth-order valence-electron chi connectivity index (χ4n) is 2.07. The highest BCUT2D eigenvalue weighted by Gasteiger charge is 2.21. The SMILES string of the molecule is Nc1ncnc(NCC2CCNC(C=O)C2)c1Cl. The summed E-state index contributed by atoms with van der Waals surface area (Å²) in [7, 11) is 0. The molecular weight excluding hydrogens is 254 g/mol. The fraction of sp³-hybridized carbons (Fsp3) is 0.545.